The smallest absolute Gasteiger partial charge is 0.143 e. The van der Waals surface area contributed by atoms with Crippen LogP contribution in [0, 0.1) is 0 Å². The van der Waals surface area contributed by atoms with E-state index in [1.165, 1.54) is 104 Å². The standard InChI is InChI=1S/C98H58O2/c1-3-21-59(22-4-1)64-45-48-81-89(55-64)96(86-38-20-36-84-76-32-16-18-40-92(76)100-98(84)86)90-57-66(47-50-82(90)94(81)87-58-67-25-7-8-26-69(67)71-27-10-12-30-74(71)87)63-44-42-60-41-43-62(53-68(60)54-63)65-46-49-80-88(56-65)95(85-37-19-35-83-75-31-15-17-39-91(75)99-97(83)85)78-34-14-13-33-77(78)93(80)79-52-51-70(61-23-5-2-6-24-61)72-28-9-11-29-73(72)79/h1-58H. The number of para-hydroxylation sites is 4. The van der Waals surface area contributed by atoms with E-state index in [4.69, 9.17) is 8.83 Å². The first-order valence-corrected chi connectivity index (χ1v) is 34.5. The van der Waals surface area contributed by atoms with E-state index in [0.717, 1.165) is 115 Å². The minimum absolute atomic E-state index is 0.875. The molecule has 0 aliphatic rings. The van der Waals surface area contributed by atoms with Gasteiger partial charge in [-0.3, -0.25) is 0 Å². The van der Waals surface area contributed by atoms with Crippen molar-refractivity contribution in [3.8, 4) is 89.0 Å². The van der Waals surface area contributed by atoms with Crippen LogP contribution in [0.2, 0.25) is 0 Å². The third kappa shape index (κ3) is 8.64. The molecule has 0 spiro atoms. The first-order valence-electron chi connectivity index (χ1n) is 34.5. The molecule has 2 nitrogen and oxygen atoms in total. The van der Waals surface area contributed by atoms with Crippen molar-refractivity contribution in [3.63, 3.8) is 0 Å². The summed E-state index contributed by atoms with van der Waals surface area (Å²) in [5.41, 5.74) is 22.1. The number of furan rings is 2. The monoisotopic (exact) mass is 1270 g/mol. The maximum atomic E-state index is 7.04. The first kappa shape index (κ1) is 56.1. The maximum Gasteiger partial charge on any atom is 0.143 e. The van der Waals surface area contributed by atoms with Crippen molar-refractivity contribution in [2.24, 2.45) is 0 Å². The quantitative estimate of drug-likeness (QED) is 0.112. The molecule has 0 N–H and O–H groups in total. The number of rotatable bonds is 8. The van der Waals surface area contributed by atoms with Gasteiger partial charge in [-0.15, -0.1) is 0 Å². The zero-order valence-electron chi connectivity index (χ0n) is 54.3. The van der Waals surface area contributed by atoms with Gasteiger partial charge in [0.05, 0.1) is 0 Å². The largest absolute Gasteiger partial charge is 0.455 e. The Morgan fingerprint density at radius 2 is 0.500 bits per heavy atom. The topological polar surface area (TPSA) is 26.3 Å². The highest BCUT2D eigenvalue weighted by Crippen LogP contribution is 2.53. The van der Waals surface area contributed by atoms with E-state index in [2.05, 4.69) is 352 Å². The predicted octanol–water partition coefficient (Wildman–Crippen LogP) is 28.0. The fraction of sp³-hybridized carbons (Fsp3) is 0. The molecule has 21 aromatic rings. The molecule has 0 radical (unpaired) electrons. The van der Waals surface area contributed by atoms with Crippen LogP contribution in [0.15, 0.2) is 361 Å². The van der Waals surface area contributed by atoms with Crippen LogP contribution in [0.1, 0.15) is 0 Å². The molecule has 19 aromatic carbocycles. The first-order chi connectivity index (χ1) is 49.6. The Morgan fingerprint density at radius 3 is 1.05 bits per heavy atom. The molecule has 0 saturated carbocycles. The number of fused-ring (bicyclic) bond motifs is 15. The summed E-state index contributed by atoms with van der Waals surface area (Å²) < 4.78 is 14.0. The highest BCUT2D eigenvalue weighted by molar-refractivity contribution is 6.30. The van der Waals surface area contributed by atoms with Crippen LogP contribution in [-0.4, -0.2) is 0 Å². The zero-order valence-corrected chi connectivity index (χ0v) is 54.3. The summed E-state index contributed by atoms with van der Waals surface area (Å²) in [6, 6.07) is 130. The molecule has 462 valence electrons. The lowest BCUT2D eigenvalue weighted by Gasteiger charge is -2.21. The van der Waals surface area contributed by atoms with E-state index in [1.54, 1.807) is 0 Å². The van der Waals surface area contributed by atoms with Crippen LogP contribution in [0.4, 0.5) is 0 Å². The lowest BCUT2D eigenvalue weighted by Crippen LogP contribution is -1.94. The molecule has 21 rings (SSSR count). The average molecular weight is 1270 g/mol. The van der Waals surface area contributed by atoms with E-state index in [0.29, 0.717) is 0 Å². The Kier molecular flexibility index (Phi) is 12.5. The molecule has 0 fully saturated rings. The van der Waals surface area contributed by atoms with Crippen molar-refractivity contribution < 1.29 is 8.83 Å². The summed E-state index contributed by atoms with van der Waals surface area (Å²) in [6.45, 7) is 0. The summed E-state index contributed by atoms with van der Waals surface area (Å²) in [4.78, 5) is 0. The van der Waals surface area contributed by atoms with Crippen LogP contribution in [-0.2, 0) is 0 Å². The van der Waals surface area contributed by atoms with Crippen molar-refractivity contribution in [3.05, 3.63) is 352 Å². The summed E-state index contributed by atoms with van der Waals surface area (Å²) in [6.07, 6.45) is 0. The SMILES string of the molecule is c1ccc(-c2ccc3c(-c4cc5ccccc5c5ccccc45)c4ccc(-c5ccc6ccc(-c7ccc8c(-c9ccc(-c%10ccccc%10)c%10ccccc9%10)c9ccccc9c(-c9cccc%10c9oc9ccccc9%10)c8c7)cc6c5)cc4c(-c4cccc5c4oc4ccccc45)c3c2)cc1. The third-order valence-corrected chi connectivity index (χ3v) is 21.4. The van der Waals surface area contributed by atoms with E-state index in [9.17, 15) is 0 Å². The van der Waals surface area contributed by atoms with Gasteiger partial charge in [0, 0.05) is 43.8 Å². The van der Waals surface area contributed by atoms with E-state index in [-0.39, 0.29) is 0 Å². The van der Waals surface area contributed by atoms with Crippen LogP contribution < -0.4 is 0 Å². The molecule has 2 heterocycles. The van der Waals surface area contributed by atoms with Gasteiger partial charge in [0.1, 0.15) is 22.3 Å². The molecular weight excluding hydrogens is 1210 g/mol. The molecular formula is C98H58O2. The normalized spacial score (nSPS) is 12.0. The molecule has 2 aromatic heterocycles. The number of hydrogen-bond donors (Lipinski definition) is 0. The summed E-state index contributed by atoms with van der Waals surface area (Å²) in [5, 5.41) is 23.5. The second-order valence-corrected chi connectivity index (χ2v) is 26.8. The van der Waals surface area contributed by atoms with Gasteiger partial charge in [-0.25, -0.2) is 0 Å². The Balaban J connectivity index is 0.793. The Morgan fingerprint density at radius 1 is 0.140 bits per heavy atom. The van der Waals surface area contributed by atoms with Gasteiger partial charge < -0.3 is 8.83 Å². The van der Waals surface area contributed by atoms with Gasteiger partial charge in [0.25, 0.3) is 0 Å². The molecule has 0 unspecified atom stereocenters. The van der Waals surface area contributed by atoms with Gasteiger partial charge >= 0.3 is 0 Å². The van der Waals surface area contributed by atoms with Crippen LogP contribution in [0.25, 0.3) is 219 Å². The predicted molar refractivity (Wildman–Crippen MR) is 425 cm³/mol. The molecule has 0 atom stereocenters. The lowest BCUT2D eigenvalue weighted by molar-refractivity contribution is 0.669. The third-order valence-electron chi connectivity index (χ3n) is 21.4. The van der Waals surface area contributed by atoms with Crippen molar-refractivity contribution in [1.29, 1.82) is 0 Å². The van der Waals surface area contributed by atoms with Crippen molar-refractivity contribution in [1.82, 2.24) is 0 Å². The Labute approximate surface area is 576 Å². The molecule has 2 heteroatoms. The molecule has 0 amide bonds. The van der Waals surface area contributed by atoms with E-state index >= 15 is 0 Å². The molecule has 0 aliphatic carbocycles. The fourth-order valence-corrected chi connectivity index (χ4v) is 16.9. The Hall–Kier alpha value is -13.1. The van der Waals surface area contributed by atoms with Gasteiger partial charge in [0.15, 0.2) is 0 Å². The Bertz CT molecular complexity index is 7010. The molecule has 0 saturated heterocycles. The van der Waals surface area contributed by atoms with Gasteiger partial charge in [-0.1, -0.05) is 303 Å². The second-order valence-electron chi connectivity index (χ2n) is 26.8. The molecule has 0 aliphatic heterocycles. The van der Waals surface area contributed by atoms with Crippen LogP contribution >= 0.6 is 0 Å². The summed E-state index contributed by atoms with van der Waals surface area (Å²) in [5.74, 6) is 0. The van der Waals surface area contributed by atoms with Crippen molar-refractivity contribution >= 4 is 130 Å². The highest BCUT2D eigenvalue weighted by atomic mass is 16.3. The van der Waals surface area contributed by atoms with Gasteiger partial charge in [0.2, 0.25) is 0 Å². The summed E-state index contributed by atoms with van der Waals surface area (Å²) >= 11 is 0. The lowest BCUT2D eigenvalue weighted by atomic mass is 9.82. The van der Waals surface area contributed by atoms with Gasteiger partial charge in [-0.05, 0) is 201 Å². The van der Waals surface area contributed by atoms with Crippen LogP contribution in [0.5, 0.6) is 0 Å². The number of hydrogen-bond acceptors (Lipinski definition) is 2. The average Bonchev–Trinajstić information content (AvgIpc) is 0.983. The minimum atomic E-state index is 0.875. The van der Waals surface area contributed by atoms with Crippen molar-refractivity contribution in [2.75, 3.05) is 0 Å². The van der Waals surface area contributed by atoms with Crippen molar-refractivity contribution in [2.45, 2.75) is 0 Å². The second kappa shape index (κ2) is 22.2. The van der Waals surface area contributed by atoms with Gasteiger partial charge in [-0.2, -0.15) is 0 Å². The molecule has 100 heavy (non-hydrogen) atoms. The number of benzene rings is 19. The molecule has 0 bridgehead atoms. The summed E-state index contributed by atoms with van der Waals surface area (Å²) in [7, 11) is 0. The zero-order chi connectivity index (χ0) is 65.5. The maximum absolute atomic E-state index is 7.04. The fourth-order valence-electron chi connectivity index (χ4n) is 16.9. The minimum Gasteiger partial charge on any atom is -0.455 e. The van der Waals surface area contributed by atoms with E-state index in [1.807, 2.05) is 0 Å². The van der Waals surface area contributed by atoms with Crippen LogP contribution in [0.3, 0.4) is 0 Å². The highest BCUT2D eigenvalue weighted by Gasteiger charge is 2.26. The van der Waals surface area contributed by atoms with E-state index < -0.39 is 0 Å².